The molecular weight excluding hydrogens is 432 g/mol. The van der Waals surface area contributed by atoms with Crippen LogP contribution in [0.15, 0.2) is 58.3 Å². The predicted molar refractivity (Wildman–Crippen MR) is 131 cm³/mol. The molecule has 0 saturated carbocycles. The number of fused-ring (bicyclic) bond motifs is 2. The fourth-order valence-electron chi connectivity index (χ4n) is 4.77. The van der Waals surface area contributed by atoms with Crippen LogP contribution in [-0.4, -0.2) is 59.8 Å². The Balaban J connectivity index is 1.43. The number of aliphatic imine (C=N–C) groups is 1. The molecule has 0 spiro atoms. The van der Waals surface area contributed by atoms with Crippen molar-refractivity contribution >= 4 is 39.9 Å². The smallest absolute Gasteiger partial charge is 0.345 e. The number of para-hydroxylation sites is 2. The van der Waals surface area contributed by atoms with Crippen LogP contribution < -0.4 is 10.5 Å². The summed E-state index contributed by atoms with van der Waals surface area (Å²) in [6.45, 7) is 3.84. The third-order valence-corrected chi connectivity index (χ3v) is 6.49. The fraction of sp³-hybridized carbons (Fsp3) is 0.308. The Morgan fingerprint density at radius 2 is 1.71 bits per heavy atom. The summed E-state index contributed by atoms with van der Waals surface area (Å²) in [5.74, 6) is -0.685. The first-order chi connectivity index (χ1) is 16.5. The minimum atomic E-state index is -0.625. The van der Waals surface area contributed by atoms with E-state index in [1.54, 1.807) is 18.9 Å². The second-order valence-corrected chi connectivity index (χ2v) is 8.47. The van der Waals surface area contributed by atoms with Gasteiger partial charge in [0.15, 0.2) is 0 Å². The fourth-order valence-corrected chi connectivity index (χ4v) is 4.77. The highest BCUT2D eigenvalue weighted by molar-refractivity contribution is 6.40. The number of rotatable bonds is 4. The number of piperazine rings is 1. The number of aromatic nitrogens is 1. The quantitative estimate of drug-likeness (QED) is 0.562. The molecule has 0 aliphatic carbocycles. The van der Waals surface area contributed by atoms with Gasteiger partial charge >= 0.3 is 5.97 Å². The van der Waals surface area contributed by atoms with Crippen LogP contribution in [0.1, 0.15) is 22.8 Å². The maximum Gasteiger partial charge on any atom is 0.345 e. The van der Waals surface area contributed by atoms with E-state index in [9.17, 15) is 14.4 Å². The first-order valence-corrected chi connectivity index (χ1v) is 11.5. The Labute approximate surface area is 197 Å². The first kappa shape index (κ1) is 21.9. The van der Waals surface area contributed by atoms with Crippen LogP contribution in [-0.2, 0) is 23.0 Å². The van der Waals surface area contributed by atoms with Crippen molar-refractivity contribution in [3.8, 4) is 0 Å². The van der Waals surface area contributed by atoms with Gasteiger partial charge in [0.1, 0.15) is 11.3 Å². The first-order valence-electron chi connectivity index (χ1n) is 11.5. The van der Waals surface area contributed by atoms with E-state index in [4.69, 9.17) is 4.74 Å². The summed E-state index contributed by atoms with van der Waals surface area (Å²) < 4.78 is 6.73. The van der Waals surface area contributed by atoms with Gasteiger partial charge in [0.25, 0.3) is 11.5 Å². The van der Waals surface area contributed by atoms with Gasteiger partial charge in [0, 0.05) is 45.0 Å². The number of carbonyl (C=O) groups excluding carboxylic acids is 2. The topological polar surface area (TPSA) is 84.2 Å². The van der Waals surface area contributed by atoms with Crippen molar-refractivity contribution in [3.05, 3.63) is 70.0 Å². The van der Waals surface area contributed by atoms with Gasteiger partial charge in [0.2, 0.25) is 0 Å². The number of amides is 1. The van der Waals surface area contributed by atoms with Gasteiger partial charge < -0.3 is 19.1 Å². The number of esters is 1. The van der Waals surface area contributed by atoms with Crippen LogP contribution in [0.25, 0.3) is 10.9 Å². The van der Waals surface area contributed by atoms with E-state index < -0.39 is 5.97 Å². The van der Waals surface area contributed by atoms with Crippen LogP contribution >= 0.6 is 0 Å². The Morgan fingerprint density at radius 1 is 1.00 bits per heavy atom. The summed E-state index contributed by atoms with van der Waals surface area (Å²) >= 11 is 0. The number of hydrogen-bond donors (Lipinski definition) is 0. The van der Waals surface area contributed by atoms with Crippen LogP contribution in [0.2, 0.25) is 0 Å². The van der Waals surface area contributed by atoms with E-state index in [1.165, 1.54) is 4.57 Å². The number of hydrogen-bond acceptors (Lipinski definition) is 6. The van der Waals surface area contributed by atoms with E-state index >= 15 is 0 Å². The molecule has 8 heteroatoms. The number of aryl methyl sites for hydroxylation is 1. The van der Waals surface area contributed by atoms with Crippen molar-refractivity contribution in [1.29, 1.82) is 0 Å². The van der Waals surface area contributed by atoms with Gasteiger partial charge in [-0.1, -0.05) is 36.4 Å². The summed E-state index contributed by atoms with van der Waals surface area (Å²) in [6.07, 6.45) is 0.543. The average molecular weight is 459 g/mol. The Bertz CT molecular complexity index is 1380. The lowest BCUT2D eigenvalue weighted by Crippen LogP contribution is -2.51. The second-order valence-electron chi connectivity index (χ2n) is 8.47. The Morgan fingerprint density at radius 3 is 2.44 bits per heavy atom. The van der Waals surface area contributed by atoms with Crippen LogP contribution in [0.3, 0.4) is 0 Å². The monoisotopic (exact) mass is 458 g/mol. The van der Waals surface area contributed by atoms with Gasteiger partial charge in [0.05, 0.1) is 23.5 Å². The van der Waals surface area contributed by atoms with Crippen LogP contribution in [0.5, 0.6) is 0 Å². The highest BCUT2D eigenvalue weighted by Crippen LogP contribution is 2.31. The van der Waals surface area contributed by atoms with E-state index in [2.05, 4.69) is 4.99 Å². The van der Waals surface area contributed by atoms with E-state index in [0.29, 0.717) is 44.0 Å². The number of ether oxygens (including phenoxy) is 1. The molecule has 1 aromatic heterocycles. The second kappa shape index (κ2) is 8.78. The molecule has 0 radical (unpaired) electrons. The maximum atomic E-state index is 13.2. The van der Waals surface area contributed by atoms with Crippen molar-refractivity contribution in [2.24, 2.45) is 12.0 Å². The molecule has 0 N–H and O–H groups in total. The van der Waals surface area contributed by atoms with Gasteiger partial charge in [-0.2, -0.15) is 0 Å². The molecule has 1 fully saturated rings. The van der Waals surface area contributed by atoms with E-state index in [1.807, 2.05) is 53.4 Å². The number of anilines is 1. The lowest BCUT2D eigenvalue weighted by molar-refractivity contribution is -0.124. The van der Waals surface area contributed by atoms with Crippen molar-refractivity contribution in [2.75, 3.05) is 37.7 Å². The highest BCUT2D eigenvalue weighted by Gasteiger charge is 2.31. The molecule has 5 rings (SSSR count). The standard InChI is InChI=1S/C26H26N4O4/c1-3-34-26(33)22-23(18-9-5-7-11-21(18)28(2)25(22)32)29-12-14-30(15-13-29)24(31)20-16-17-8-4-6-10-19(17)27-20/h4-11H,3,12-16H2,1-2H3. The van der Waals surface area contributed by atoms with Gasteiger partial charge in [-0.15, -0.1) is 0 Å². The molecule has 0 unspecified atom stereocenters. The number of benzene rings is 2. The molecule has 2 aliphatic heterocycles. The van der Waals surface area contributed by atoms with Gasteiger partial charge in [-0.3, -0.25) is 9.59 Å². The third-order valence-electron chi connectivity index (χ3n) is 6.49. The Kier molecular flexibility index (Phi) is 5.65. The molecular formula is C26H26N4O4. The number of nitrogens with zero attached hydrogens (tertiary/aromatic N) is 4. The molecule has 8 nitrogen and oxygen atoms in total. The van der Waals surface area contributed by atoms with Crippen molar-refractivity contribution < 1.29 is 14.3 Å². The Hall–Kier alpha value is -3.94. The molecule has 1 amide bonds. The summed E-state index contributed by atoms with van der Waals surface area (Å²) in [4.78, 5) is 47.5. The van der Waals surface area contributed by atoms with E-state index in [0.717, 1.165) is 22.2 Å². The zero-order valence-corrected chi connectivity index (χ0v) is 19.3. The SMILES string of the molecule is CCOC(=O)c1c(N2CCN(C(=O)C3=Nc4ccccc4C3)CC2)c2ccccc2n(C)c1=O. The molecule has 2 aliphatic rings. The normalized spacial score (nSPS) is 15.3. The minimum Gasteiger partial charge on any atom is -0.462 e. The van der Waals surface area contributed by atoms with E-state index in [-0.39, 0.29) is 23.6 Å². The zero-order valence-electron chi connectivity index (χ0n) is 19.3. The summed E-state index contributed by atoms with van der Waals surface area (Å²) in [7, 11) is 1.66. The van der Waals surface area contributed by atoms with Gasteiger partial charge in [-0.05, 0) is 24.6 Å². The molecule has 34 heavy (non-hydrogen) atoms. The molecule has 1 saturated heterocycles. The summed E-state index contributed by atoms with van der Waals surface area (Å²) in [5, 5.41) is 0.808. The molecule has 2 aromatic carbocycles. The minimum absolute atomic E-state index is 0.0402. The zero-order chi connectivity index (χ0) is 23.8. The molecule has 0 bridgehead atoms. The molecule has 3 aromatic rings. The summed E-state index contributed by atoms with van der Waals surface area (Å²) in [5.41, 5.74) is 3.45. The van der Waals surface area contributed by atoms with Crippen LogP contribution in [0, 0.1) is 0 Å². The van der Waals surface area contributed by atoms with Crippen molar-refractivity contribution in [3.63, 3.8) is 0 Å². The molecule has 174 valence electrons. The predicted octanol–water partition coefficient (Wildman–Crippen LogP) is 2.69. The lowest BCUT2D eigenvalue weighted by Gasteiger charge is -2.37. The molecule has 3 heterocycles. The third kappa shape index (κ3) is 3.65. The maximum absolute atomic E-state index is 13.2. The summed E-state index contributed by atoms with van der Waals surface area (Å²) in [6, 6.07) is 15.3. The van der Waals surface area contributed by atoms with Crippen molar-refractivity contribution in [1.82, 2.24) is 9.47 Å². The van der Waals surface area contributed by atoms with Crippen LogP contribution in [0.4, 0.5) is 11.4 Å². The average Bonchev–Trinajstić information content (AvgIpc) is 3.30. The lowest BCUT2D eigenvalue weighted by atomic mass is 10.1. The number of pyridine rings is 1. The highest BCUT2D eigenvalue weighted by atomic mass is 16.5. The molecule has 0 atom stereocenters. The largest absolute Gasteiger partial charge is 0.462 e. The van der Waals surface area contributed by atoms with Gasteiger partial charge in [-0.25, -0.2) is 9.79 Å². The van der Waals surface area contributed by atoms with Crippen molar-refractivity contribution in [2.45, 2.75) is 13.3 Å². The number of carbonyl (C=O) groups is 2.